The van der Waals surface area contributed by atoms with Gasteiger partial charge in [0.25, 0.3) is 11.6 Å². The summed E-state index contributed by atoms with van der Waals surface area (Å²) in [5, 5.41) is 16.1. The summed E-state index contributed by atoms with van der Waals surface area (Å²) in [6, 6.07) is 12.2. The molecule has 0 spiro atoms. The summed E-state index contributed by atoms with van der Waals surface area (Å²) in [7, 11) is 0. The monoisotopic (exact) mass is 379 g/mol. The van der Waals surface area contributed by atoms with Crippen LogP contribution in [0.2, 0.25) is 5.15 Å². The van der Waals surface area contributed by atoms with E-state index in [0.29, 0.717) is 16.5 Å². The third-order valence-electron chi connectivity index (χ3n) is 4.07. The summed E-state index contributed by atoms with van der Waals surface area (Å²) < 4.78 is 3.11. The van der Waals surface area contributed by atoms with E-state index in [4.69, 9.17) is 11.6 Å². The number of halogens is 1. The van der Waals surface area contributed by atoms with Crippen molar-refractivity contribution < 1.29 is 14.5 Å². The molecule has 0 bridgehead atoms. The number of aromatic nitrogens is 4. The van der Waals surface area contributed by atoms with Crippen molar-refractivity contribution in [2.24, 2.45) is 0 Å². The highest BCUT2D eigenvalue weighted by Crippen LogP contribution is 2.17. The molecule has 0 aliphatic carbocycles. The van der Waals surface area contributed by atoms with Crippen LogP contribution in [0.15, 0.2) is 67.3 Å². The van der Waals surface area contributed by atoms with E-state index in [1.54, 1.807) is 59.4 Å². The topological polar surface area (TPSA) is 86.2 Å². The first-order valence-corrected chi connectivity index (χ1v) is 8.53. The number of carbonyl (C=O) groups is 1. The van der Waals surface area contributed by atoms with Gasteiger partial charge < -0.3 is 10.4 Å². The quantitative estimate of drug-likeness (QED) is 0.434. The van der Waals surface area contributed by atoms with E-state index in [2.05, 4.69) is 15.3 Å². The Morgan fingerprint density at radius 2 is 2.07 bits per heavy atom. The second kappa shape index (κ2) is 7.05. The van der Waals surface area contributed by atoms with E-state index in [-0.39, 0.29) is 12.2 Å². The van der Waals surface area contributed by atoms with Crippen LogP contribution in [0.1, 0.15) is 16.1 Å². The number of pyridine rings is 3. The van der Waals surface area contributed by atoms with Crippen LogP contribution >= 0.6 is 11.6 Å². The molecule has 0 radical (unpaired) electrons. The van der Waals surface area contributed by atoms with Gasteiger partial charge in [-0.15, -0.1) is 0 Å². The Kier molecular flexibility index (Phi) is 4.43. The molecule has 0 saturated heterocycles. The van der Waals surface area contributed by atoms with Crippen LogP contribution in [0.25, 0.3) is 5.65 Å². The van der Waals surface area contributed by atoms with Gasteiger partial charge in [-0.1, -0.05) is 23.7 Å². The zero-order chi connectivity index (χ0) is 18.8. The summed E-state index contributed by atoms with van der Waals surface area (Å²) in [6.07, 6.45) is 6.42. The normalized spacial score (nSPS) is 10.9. The van der Waals surface area contributed by atoms with Crippen LogP contribution in [-0.2, 0) is 6.54 Å². The molecule has 4 rings (SSSR count). The van der Waals surface area contributed by atoms with Gasteiger partial charge >= 0.3 is 0 Å². The van der Waals surface area contributed by atoms with E-state index in [1.807, 2.05) is 6.07 Å². The number of carbonyl (C=O) groups excluding carboxylic acids is 1. The first-order chi connectivity index (χ1) is 13.1. The van der Waals surface area contributed by atoms with E-state index in [9.17, 15) is 9.90 Å². The standard InChI is InChI=1S/C19H14ClN5O2/c20-15-7-6-13(10-22-15)12-25-16-5-1-2-9-24(16)17(19(25)27)18(26)23-14-4-3-8-21-11-14/h1-11H,12H2,(H-,23,26,27). The third kappa shape index (κ3) is 3.32. The van der Waals surface area contributed by atoms with Crippen molar-refractivity contribution in [2.75, 3.05) is 5.32 Å². The molecule has 4 aromatic heterocycles. The number of rotatable bonds is 4. The highest BCUT2D eigenvalue weighted by molar-refractivity contribution is 6.29. The second-order valence-electron chi connectivity index (χ2n) is 5.85. The first-order valence-electron chi connectivity index (χ1n) is 8.15. The smallest absolute Gasteiger partial charge is 0.299 e. The van der Waals surface area contributed by atoms with Crippen molar-refractivity contribution in [3.63, 3.8) is 0 Å². The van der Waals surface area contributed by atoms with Gasteiger partial charge in [-0.05, 0) is 24.3 Å². The molecular weight excluding hydrogens is 366 g/mol. The molecule has 4 aromatic rings. The molecule has 7 nitrogen and oxygen atoms in total. The zero-order valence-corrected chi connectivity index (χ0v) is 14.8. The minimum absolute atomic E-state index is 0.0244. The molecule has 0 aliphatic heterocycles. The molecule has 0 saturated carbocycles. The summed E-state index contributed by atoms with van der Waals surface area (Å²) in [5.41, 5.74) is 1.95. The fraction of sp³-hybridized carbons (Fsp3) is 0.0526. The average molecular weight is 380 g/mol. The van der Waals surface area contributed by atoms with Crippen molar-refractivity contribution in [2.45, 2.75) is 6.54 Å². The van der Waals surface area contributed by atoms with Crippen molar-refractivity contribution >= 4 is 28.8 Å². The molecule has 27 heavy (non-hydrogen) atoms. The maximum Gasteiger partial charge on any atom is 0.299 e. The van der Waals surface area contributed by atoms with Gasteiger partial charge in [0, 0.05) is 24.0 Å². The Labute approximate surface area is 159 Å². The fourth-order valence-corrected chi connectivity index (χ4v) is 2.96. The Balaban J connectivity index is 1.76. The van der Waals surface area contributed by atoms with Gasteiger partial charge in [-0.2, -0.15) is 4.40 Å². The molecule has 134 valence electrons. The van der Waals surface area contributed by atoms with Gasteiger partial charge in [0.05, 0.1) is 18.1 Å². The third-order valence-corrected chi connectivity index (χ3v) is 4.29. The number of nitrogens with zero attached hydrogens (tertiary/aromatic N) is 4. The minimum Gasteiger partial charge on any atom is -0.839 e. The number of fused-ring (bicyclic) bond motifs is 1. The SMILES string of the molecule is O=C(Nc1cccnc1)c1c([O-])[n+](Cc2ccc(Cl)nc2)c2ccccn12. The molecule has 0 aliphatic rings. The summed E-state index contributed by atoms with van der Waals surface area (Å²) in [5.74, 6) is -0.889. The Bertz CT molecular complexity index is 1110. The molecule has 1 N–H and O–H groups in total. The van der Waals surface area contributed by atoms with Gasteiger partial charge in [0.2, 0.25) is 5.69 Å². The zero-order valence-electron chi connectivity index (χ0n) is 14.0. The molecule has 8 heteroatoms. The lowest BCUT2D eigenvalue weighted by molar-refractivity contribution is -0.704. The van der Waals surface area contributed by atoms with E-state index in [0.717, 1.165) is 5.56 Å². The van der Waals surface area contributed by atoms with Gasteiger partial charge in [0.15, 0.2) is 0 Å². The number of amides is 1. The van der Waals surface area contributed by atoms with Crippen LogP contribution < -0.4 is 15.0 Å². The number of anilines is 1. The van der Waals surface area contributed by atoms with Crippen LogP contribution in [0.3, 0.4) is 0 Å². The summed E-state index contributed by atoms with van der Waals surface area (Å²) >= 11 is 5.82. The lowest BCUT2D eigenvalue weighted by Gasteiger charge is -2.07. The number of nitrogens with one attached hydrogen (secondary N) is 1. The van der Waals surface area contributed by atoms with Gasteiger partial charge in [-0.25, -0.2) is 9.55 Å². The number of hydrogen-bond acceptors (Lipinski definition) is 4. The minimum atomic E-state index is -0.498. The second-order valence-corrected chi connectivity index (χ2v) is 6.24. The molecule has 0 atom stereocenters. The van der Waals surface area contributed by atoms with Crippen LogP contribution in [0.4, 0.5) is 5.69 Å². The predicted octanol–water partition coefficient (Wildman–Crippen LogP) is 2.04. The highest BCUT2D eigenvalue weighted by Gasteiger charge is 2.25. The van der Waals surface area contributed by atoms with Crippen LogP contribution in [0.5, 0.6) is 5.88 Å². The number of imidazole rings is 1. The lowest BCUT2D eigenvalue weighted by atomic mass is 10.3. The van der Waals surface area contributed by atoms with Crippen LogP contribution in [-0.4, -0.2) is 20.3 Å². The van der Waals surface area contributed by atoms with E-state index < -0.39 is 11.8 Å². The maximum atomic E-state index is 13.0. The van der Waals surface area contributed by atoms with Crippen molar-refractivity contribution in [3.8, 4) is 5.88 Å². The molecule has 0 unspecified atom stereocenters. The Morgan fingerprint density at radius 1 is 1.19 bits per heavy atom. The molecular formula is C19H14ClN5O2. The Morgan fingerprint density at radius 3 is 2.81 bits per heavy atom. The van der Waals surface area contributed by atoms with Gasteiger partial charge in [0.1, 0.15) is 17.6 Å². The van der Waals surface area contributed by atoms with Crippen molar-refractivity contribution in [1.82, 2.24) is 14.4 Å². The molecule has 4 heterocycles. The molecule has 0 aromatic carbocycles. The average Bonchev–Trinajstić information content (AvgIpc) is 2.96. The first kappa shape index (κ1) is 17.0. The Hall–Kier alpha value is -3.45. The van der Waals surface area contributed by atoms with Crippen LogP contribution in [0, 0.1) is 0 Å². The maximum absolute atomic E-state index is 13.0. The summed E-state index contributed by atoms with van der Waals surface area (Å²) in [6.45, 7) is 0.274. The van der Waals surface area contributed by atoms with Gasteiger partial charge in [-0.3, -0.25) is 9.78 Å². The fourth-order valence-electron chi connectivity index (χ4n) is 2.85. The van der Waals surface area contributed by atoms with E-state index >= 15 is 0 Å². The lowest BCUT2D eigenvalue weighted by Crippen LogP contribution is -2.37. The summed E-state index contributed by atoms with van der Waals surface area (Å²) in [4.78, 5) is 20.8. The largest absolute Gasteiger partial charge is 0.839 e. The predicted molar refractivity (Wildman–Crippen MR) is 97.6 cm³/mol. The van der Waals surface area contributed by atoms with Crippen molar-refractivity contribution in [3.05, 3.63) is 83.7 Å². The molecule has 0 fully saturated rings. The molecule has 1 amide bonds. The highest BCUT2D eigenvalue weighted by atomic mass is 35.5. The van der Waals surface area contributed by atoms with Crippen molar-refractivity contribution in [1.29, 1.82) is 0 Å². The number of hydrogen-bond donors (Lipinski definition) is 1. The van der Waals surface area contributed by atoms with E-state index in [1.165, 1.54) is 10.8 Å².